The minimum atomic E-state index is 0.214. The van der Waals surface area contributed by atoms with Crippen molar-refractivity contribution in [2.75, 3.05) is 0 Å². The molecule has 0 N–H and O–H groups in total. The van der Waals surface area contributed by atoms with Crippen molar-refractivity contribution < 1.29 is 9.57 Å². The molecule has 2 heterocycles. The Kier molecular flexibility index (Phi) is 6.26. The molecule has 3 rings (SSSR count). The predicted molar refractivity (Wildman–Crippen MR) is 109 cm³/mol. The number of hydrogen-bond acceptors (Lipinski definition) is 5. The van der Waals surface area contributed by atoms with Crippen LogP contribution in [0.5, 0.6) is 11.6 Å². The highest BCUT2D eigenvalue weighted by Crippen LogP contribution is 2.27. The molecule has 0 saturated heterocycles. The highest BCUT2D eigenvalue weighted by Gasteiger charge is 2.15. The van der Waals surface area contributed by atoms with Gasteiger partial charge in [-0.25, -0.2) is 4.68 Å². The number of oxime groups is 1. The number of ether oxygens (including phenoxy) is 1. The number of hydrogen-bond donors (Lipinski definition) is 0. The van der Waals surface area contributed by atoms with Gasteiger partial charge in [0.1, 0.15) is 5.75 Å². The molecular weight excluding hydrogens is 401 g/mol. The lowest BCUT2D eigenvalue weighted by atomic mass is 10.3. The molecule has 0 bridgehead atoms. The number of aromatic nitrogens is 4. The van der Waals surface area contributed by atoms with Gasteiger partial charge in [0.15, 0.2) is 6.61 Å². The van der Waals surface area contributed by atoms with Crippen LogP contribution in [-0.4, -0.2) is 25.8 Å². The summed E-state index contributed by atoms with van der Waals surface area (Å²) in [5.41, 5.74) is 3.11. The Labute approximate surface area is 173 Å². The zero-order chi connectivity index (χ0) is 20.3. The number of aryl methyl sites for hydroxylation is 4. The van der Waals surface area contributed by atoms with E-state index in [9.17, 15) is 0 Å². The van der Waals surface area contributed by atoms with Gasteiger partial charge >= 0.3 is 0 Å². The third-order valence-corrected chi connectivity index (χ3v) is 4.89. The maximum Gasteiger partial charge on any atom is 0.226 e. The van der Waals surface area contributed by atoms with Crippen LogP contribution in [0.2, 0.25) is 10.0 Å². The van der Waals surface area contributed by atoms with Crippen molar-refractivity contribution in [1.82, 2.24) is 19.6 Å². The minimum absolute atomic E-state index is 0.214. The average Bonchev–Trinajstić information content (AvgIpc) is 3.09. The van der Waals surface area contributed by atoms with E-state index in [0.29, 0.717) is 21.7 Å². The van der Waals surface area contributed by atoms with Crippen LogP contribution in [-0.2, 0) is 32.0 Å². The van der Waals surface area contributed by atoms with E-state index in [2.05, 4.69) is 15.4 Å². The second kappa shape index (κ2) is 8.67. The zero-order valence-corrected chi connectivity index (χ0v) is 17.6. The average molecular weight is 422 g/mol. The highest BCUT2D eigenvalue weighted by atomic mass is 35.5. The van der Waals surface area contributed by atoms with Crippen LogP contribution in [0.3, 0.4) is 0 Å². The largest absolute Gasteiger partial charge is 0.439 e. The molecule has 28 heavy (non-hydrogen) atoms. The molecule has 0 aliphatic heterocycles. The Bertz CT molecular complexity index is 993. The van der Waals surface area contributed by atoms with Crippen LogP contribution in [0.25, 0.3) is 0 Å². The van der Waals surface area contributed by atoms with E-state index >= 15 is 0 Å². The van der Waals surface area contributed by atoms with Gasteiger partial charge in [-0.1, -0.05) is 35.3 Å². The van der Waals surface area contributed by atoms with E-state index in [1.807, 2.05) is 20.9 Å². The van der Waals surface area contributed by atoms with Crippen molar-refractivity contribution in [2.24, 2.45) is 19.3 Å². The number of rotatable bonds is 7. The van der Waals surface area contributed by atoms with Crippen LogP contribution in [0.1, 0.15) is 29.6 Å². The summed E-state index contributed by atoms with van der Waals surface area (Å²) in [5.74, 6) is 1.20. The lowest BCUT2D eigenvalue weighted by molar-refractivity contribution is 0.126. The molecule has 0 aliphatic carbocycles. The highest BCUT2D eigenvalue weighted by molar-refractivity contribution is 6.32. The maximum absolute atomic E-state index is 6.32. The second-order valence-electron chi connectivity index (χ2n) is 6.18. The lowest BCUT2D eigenvalue weighted by Gasteiger charge is -2.07. The molecule has 0 atom stereocenters. The van der Waals surface area contributed by atoms with Gasteiger partial charge in [-0.2, -0.15) is 10.2 Å². The van der Waals surface area contributed by atoms with E-state index in [4.69, 9.17) is 32.8 Å². The van der Waals surface area contributed by atoms with Crippen LogP contribution < -0.4 is 4.74 Å². The standard InChI is InChI=1S/C19H21Cl2N5O2/c1-5-16-18(21)17(25(3)24-16)11-27-22-10-15-12(2)23-26(4)19(15)28-14-8-6-13(20)7-9-14/h6-10H,5,11H2,1-4H3/b22-10+. The Morgan fingerprint density at radius 2 is 1.82 bits per heavy atom. The SMILES string of the molecule is CCc1nn(C)c(CO/N=C/c2c(C)nn(C)c2Oc2ccc(Cl)cc2)c1Cl. The van der Waals surface area contributed by atoms with Gasteiger partial charge in [-0.05, 0) is 37.6 Å². The van der Waals surface area contributed by atoms with E-state index in [1.54, 1.807) is 46.9 Å². The van der Waals surface area contributed by atoms with E-state index < -0.39 is 0 Å². The Hall–Kier alpha value is -2.51. The summed E-state index contributed by atoms with van der Waals surface area (Å²) in [6.07, 6.45) is 2.34. The first-order valence-corrected chi connectivity index (χ1v) is 9.48. The van der Waals surface area contributed by atoms with Crippen molar-refractivity contribution >= 4 is 29.4 Å². The molecule has 0 fully saturated rings. The Morgan fingerprint density at radius 3 is 2.46 bits per heavy atom. The Balaban J connectivity index is 1.73. The smallest absolute Gasteiger partial charge is 0.226 e. The van der Waals surface area contributed by atoms with Crippen LogP contribution in [0, 0.1) is 6.92 Å². The molecule has 2 aromatic heterocycles. The minimum Gasteiger partial charge on any atom is -0.439 e. The van der Waals surface area contributed by atoms with E-state index in [1.165, 1.54) is 0 Å². The van der Waals surface area contributed by atoms with Gasteiger partial charge in [0.25, 0.3) is 0 Å². The van der Waals surface area contributed by atoms with Crippen molar-refractivity contribution in [2.45, 2.75) is 26.9 Å². The molecule has 9 heteroatoms. The molecule has 148 valence electrons. The van der Waals surface area contributed by atoms with Crippen molar-refractivity contribution in [3.8, 4) is 11.6 Å². The fraction of sp³-hybridized carbons (Fsp3) is 0.316. The maximum atomic E-state index is 6.32. The topological polar surface area (TPSA) is 66.5 Å². The molecule has 0 saturated carbocycles. The van der Waals surface area contributed by atoms with Crippen LogP contribution >= 0.6 is 23.2 Å². The van der Waals surface area contributed by atoms with E-state index in [-0.39, 0.29) is 6.61 Å². The van der Waals surface area contributed by atoms with Crippen molar-refractivity contribution in [3.05, 3.63) is 57.0 Å². The third kappa shape index (κ3) is 4.31. The summed E-state index contributed by atoms with van der Waals surface area (Å²) in [7, 11) is 3.63. The van der Waals surface area contributed by atoms with Crippen LogP contribution in [0.15, 0.2) is 29.4 Å². The first-order valence-electron chi connectivity index (χ1n) is 8.73. The van der Waals surface area contributed by atoms with Gasteiger partial charge in [0, 0.05) is 19.1 Å². The number of halogens is 2. The number of benzene rings is 1. The molecule has 0 radical (unpaired) electrons. The predicted octanol–water partition coefficient (Wildman–Crippen LogP) is 4.67. The molecular formula is C19H21Cl2N5O2. The summed E-state index contributed by atoms with van der Waals surface area (Å²) < 4.78 is 9.31. The third-order valence-electron chi connectivity index (χ3n) is 4.20. The van der Waals surface area contributed by atoms with Gasteiger partial charge in [0.2, 0.25) is 5.88 Å². The zero-order valence-electron chi connectivity index (χ0n) is 16.1. The quantitative estimate of drug-likeness (QED) is 0.410. The second-order valence-corrected chi connectivity index (χ2v) is 6.99. The van der Waals surface area contributed by atoms with E-state index in [0.717, 1.165) is 29.1 Å². The molecule has 3 aromatic rings. The Morgan fingerprint density at radius 1 is 1.11 bits per heavy atom. The molecule has 0 unspecified atom stereocenters. The van der Waals surface area contributed by atoms with Gasteiger partial charge in [0.05, 0.1) is 33.9 Å². The summed E-state index contributed by atoms with van der Waals surface area (Å²) in [5, 5.41) is 14.1. The van der Waals surface area contributed by atoms with Crippen LogP contribution in [0.4, 0.5) is 0 Å². The van der Waals surface area contributed by atoms with Crippen molar-refractivity contribution in [3.63, 3.8) is 0 Å². The first kappa shape index (κ1) is 20.2. The van der Waals surface area contributed by atoms with Gasteiger partial charge < -0.3 is 9.57 Å². The van der Waals surface area contributed by atoms with Crippen molar-refractivity contribution in [1.29, 1.82) is 0 Å². The lowest BCUT2D eigenvalue weighted by Crippen LogP contribution is -2.00. The molecule has 0 spiro atoms. The molecule has 0 aliphatic rings. The molecule has 0 amide bonds. The fourth-order valence-corrected chi connectivity index (χ4v) is 3.18. The summed E-state index contributed by atoms with van der Waals surface area (Å²) >= 11 is 12.2. The normalized spacial score (nSPS) is 11.4. The van der Waals surface area contributed by atoms with Gasteiger partial charge in [-0.3, -0.25) is 4.68 Å². The van der Waals surface area contributed by atoms with Gasteiger partial charge in [-0.15, -0.1) is 0 Å². The summed E-state index contributed by atoms with van der Waals surface area (Å²) in [4.78, 5) is 5.44. The summed E-state index contributed by atoms with van der Waals surface area (Å²) in [6, 6.07) is 7.11. The molecule has 7 nitrogen and oxygen atoms in total. The summed E-state index contributed by atoms with van der Waals surface area (Å²) in [6.45, 7) is 4.09. The number of nitrogens with zero attached hydrogens (tertiary/aromatic N) is 5. The monoisotopic (exact) mass is 421 g/mol. The fourth-order valence-electron chi connectivity index (χ4n) is 2.70. The molecule has 1 aromatic carbocycles. The first-order chi connectivity index (χ1) is 13.4.